The van der Waals surface area contributed by atoms with Gasteiger partial charge in [0.2, 0.25) is 0 Å². The van der Waals surface area contributed by atoms with Gasteiger partial charge in [-0.15, -0.1) is 0 Å². The van der Waals surface area contributed by atoms with Crippen LogP contribution in [0.1, 0.15) is 37.6 Å². The Bertz CT molecular complexity index is 440. The van der Waals surface area contributed by atoms with E-state index in [-0.39, 0.29) is 5.97 Å². The molecule has 5 nitrogen and oxygen atoms in total. The van der Waals surface area contributed by atoms with E-state index < -0.39 is 6.09 Å². The van der Waals surface area contributed by atoms with Crippen molar-refractivity contribution in [2.24, 2.45) is 5.92 Å². The molecule has 110 valence electrons. The summed E-state index contributed by atoms with van der Waals surface area (Å²) in [7, 11) is 0. The Morgan fingerprint density at radius 2 is 1.80 bits per heavy atom. The van der Waals surface area contributed by atoms with Gasteiger partial charge in [0.25, 0.3) is 0 Å². The highest BCUT2D eigenvalue weighted by atomic mass is 16.5. The Morgan fingerprint density at radius 3 is 2.35 bits per heavy atom. The van der Waals surface area contributed by atoms with Gasteiger partial charge >= 0.3 is 12.1 Å². The predicted molar refractivity (Wildman–Crippen MR) is 76.8 cm³/mol. The number of ether oxygens (including phenoxy) is 2. The Morgan fingerprint density at radius 1 is 1.15 bits per heavy atom. The maximum Gasteiger partial charge on any atom is 0.411 e. The fourth-order valence-corrected chi connectivity index (χ4v) is 1.45. The summed E-state index contributed by atoms with van der Waals surface area (Å²) in [5.74, 6) is 0.146. The molecule has 1 aromatic rings. The predicted octanol–water partition coefficient (Wildman–Crippen LogP) is 3.46. The number of carbonyl (C=O) groups excluding carboxylic acids is 2. The van der Waals surface area contributed by atoms with E-state index in [1.165, 1.54) is 0 Å². The van der Waals surface area contributed by atoms with Crippen molar-refractivity contribution >= 4 is 17.7 Å². The molecule has 1 N–H and O–H groups in total. The molecule has 20 heavy (non-hydrogen) atoms. The number of esters is 1. The molecule has 0 aliphatic carbocycles. The van der Waals surface area contributed by atoms with E-state index in [9.17, 15) is 9.59 Å². The van der Waals surface area contributed by atoms with Gasteiger partial charge in [-0.05, 0) is 43.5 Å². The number of carbonyl (C=O) groups is 2. The van der Waals surface area contributed by atoms with E-state index >= 15 is 0 Å². The number of benzene rings is 1. The summed E-state index contributed by atoms with van der Waals surface area (Å²) in [5.41, 5.74) is 1.03. The van der Waals surface area contributed by atoms with Crippen LogP contribution in [-0.2, 0) is 9.47 Å². The molecule has 0 aromatic heterocycles. The maximum atomic E-state index is 11.7. The number of rotatable bonds is 6. The van der Waals surface area contributed by atoms with E-state index in [0.717, 1.165) is 6.42 Å². The van der Waals surface area contributed by atoms with Crippen LogP contribution < -0.4 is 5.32 Å². The molecule has 0 atom stereocenters. The Hall–Kier alpha value is -2.04. The second kappa shape index (κ2) is 8.19. The SMILES string of the molecule is CCOC(=O)Nc1ccc(C(=O)OCCC(C)C)cc1. The first-order valence-electron chi connectivity index (χ1n) is 6.74. The second-order valence-corrected chi connectivity index (χ2v) is 4.74. The number of amides is 1. The third-order valence-corrected chi connectivity index (χ3v) is 2.57. The molecule has 0 heterocycles. The van der Waals surface area contributed by atoms with Crippen molar-refractivity contribution in [1.29, 1.82) is 0 Å². The lowest BCUT2D eigenvalue weighted by atomic mass is 10.1. The molecule has 0 bridgehead atoms. The van der Waals surface area contributed by atoms with Gasteiger partial charge in [0.05, 0.1) is 18.8 Å². The van der Waals surface area contributed by atoms with Crippen LogP contribution in [0.3, 0.4) is 0 Å². The van der Waals surface area contributed by atoms with Crippen molar-refractivity contribution in [3.63, 3.8) is 0 Å². The largest absolute Gasteiger partial charge is 0.462 e. The first-order valence-corrected chi connectivity index (χ1v) is 6.74. The van der Waals surface area contributed by atoms with Crippen molar-refractivity contribution in [3.8, 4) is 0 Å². The van der Waals surface area contributed by atoms with Crippen LogP contribution >= 0.6 is 0 Å². The van der Waals surface area contributed by atoms with E-state index in [4.69, 9.17) is 9.47 Å². The monoisotopic (exact) mass is 279 g/mol. The van der Waals surface area contributed by atoms with E-state index in [1.54, 1.807) is 31.2 Å². The lowest BCUT2D eigenvalue weighted by molar-refractivity contribution is 0.0488. The van der Waals surface area contributed by atoms with Crippen molar-refractivity contribution in [3.05, 3.63) is 29.8 Å². The normalized spacial score (nSPS) is 10.2. The number of nitrogens with one attached hydrogen (secondary N) is 1. The van der Waals surface area contributed by atoms with Crippen LogP contribution in [0, 0.1) is 5.92 Å². The third kappa shape index (κ3) is 5.73. The highest BCUT2D eigenvalue weighted by Crippen LogP contribution is 2.11. The van der Waals surface area contributed by atoms with Gasteiger partial charge < -0.3 is 9.47 Å². The highest BCUT2D eigenvalue weighted by molar-refractivity contribution is 5.91. The van der Waals surface area contributed by atoms with Crippen molar-refractivity contribution < 1.29 is 19.1 Å². The Labute approximate surface area is 119 Å². The summed E-state index contributed by atoms with van der Waals surface area (Å²) in [6.45, 7) is 6.61. The van der Waals surface area contributed by atoms with Gasteiger partial charge in [-0.3, -0.25) is 5.32 Å². The molecule has 0 aliphatic rings. The molecule has 1 amide bonds. The molecular formula is C15H21NO4. The highest BCUT2D eigenvalue weighted by Gasteiger charge is 2.08. The zero-order valence-corrected chi connectivity index (χ0v) is 12.1. The zero-order valence-electron chi connectivity index (χ0n) is 12.1. The minimum atomic E-state index is -0.514. The molecule has 5 heteroatoms. The van der Waals surface area contributed by atoms with Crippen LogP contribution in [0.5, 0.6) is 0 Å². The second-order valence-electron chi connectivity index (χ2n) is 4.74. The number of hydrogen-bond acceptors (Lipinski definition) is 4. The summed E-state index contributed by atoms with van der Waals surface area (Å²) >= 11 is 0. The number of hydrogen-bond donors (Lipinski definition) is 1. The first-order chi connectivity index (χ1) is 9.52. The van der Waals surface area contributed by atoms with Crippen molar-refractivity contribution in [1.82, 2.24) is 0 Å². The molecule has 0 aliphatic heterocycles. The topological polar surface area (TPSA) is 64.6 Å². The molecule has 0 saturated heterocycles. The fourth-order valence-electron chi connectivity index (χ4n) is 1.45. The van der Waals surface area contributed by atoms with Gasteiger partial charge in [0.15, 0.2) is 0 Å². The average Bonchev–Trinajstić information content (AvgIpc) is 2.39. The molecule has 0 unspecified atom stereocenters. The van der Waals surface area contributed by atoms with Crippen LogP contribution in [0.25, 0.3) is 0 Å². The van der Waals surface area contributed by atoms with E-state index in [2.05, 4.69) is 19.2 Å². The minimum absolute atomic E-state index is 0.312. The molecule has 0 fully saturated rings. The van der Waals surface area contributed by atoms with Crippen molar-refractivity contribution in [2.75, 3.05) is 18.5 Å². The maximum absolute atomic E-state index is 11.7. The lowest BCUT2D eigenvalue weighted by Crippen LogP contribution is -2.13. The average molecular weight is 279 g/mol. The van der Waals surface area contributed by atoms with Gasteiger partial charge in [-0.1, -0.05) is 13.8 Å². The van der Waals surface area contributed by atoms with E-state index in [1.807, 2.05) is 0 Å². The number of anilines is 1. The molecule has 0 spiro atoms. The van der Waals surface area contributed by atoms with Crippen LogP contribution in [0.15, 0.2) is 24.3 Å². The molecule has 1 rings (SSSR count). The van der Waals surface area contributed by atoms with Gasteiger partial charge in [-0.25, -0.2) is 9.59 Å². The van der Waals surface area contributed by atoms with Crippen molar-refractivity contribution in [2.45, 2.75) is 27.2 Å². The summed E-state index contributed by atoms with van der Waals surface area (Å²) in [4.78, 5) is 22.9. The zero-order chi connectivity index (χ0) is 15.0. The summed E-state index contributed by atoms with van der Waals surface area (Å²) in [5, 5.41) is 2.55. The summed E-state index contributed by atoms with van der Waals surface area (Å²) < 4.78 is 9.90. The van der Waals surface area contributed by atoms with Crippen LogP contribution in [0.4, 0.5) is 10.5 Å². The Kier molecular flexibility index (Phi) is 6.56. The molecule has 0 saturated carbocycles. The summed E-state index contributed by atoms with van der Waals surface area (Å²) in [6.07, 6.45) is 0.327. The van der Waals surface area contributed by atoms with Crippen LogP contribution in [-0.4, -0.2) is 25.3 Å². The third-order valence-electron chi connectivity index (χ3n) is 2.57. The van der Waals surface area contributed by atoms with Gasteiger partial charge in [0, 0.05) is 5.69 Å². The van der Waals surface area contributed by atoms with Crippen LogP contribution in [0.2, 0.25) is 0 Å². The molecular weight excluding hydrogens is 258 g/mol. The standard InChI is InChI=1S/C15H21NO4/c1-4-19-15(18)16-13-7-5-12(6-8-13)14(17)20-10-9-11(2)3/h5-8,11H,4,9-10H2,1-3H3,(H,16,18). The Balaban J connectivity index is 2.49. The molecule has 1 aromatic carbocycles. The van der Waals surface area contributed by atoms with E-state index in [0.29, 0.717) is 30.4 Å². The smallest absolute Gasteiger partial charge is 0.411 e. The minimum Gasteiger partial charge on any atom is -0.462 e. The van der Waals surface area contributed by atoms with Gasteiger partial charge in [-0.2, -0.15) is 0 Å². The molecule has 0 radical (unpaired) electrons. The quantitative estimate of drug-likeness (QED) is 0.810. The fraction of sp³-hybridized carbons (Fsp3) is 0.467. The van der Waals surface area contributed by atoms with Gasteiger partial charge in [0.1, 0.15) is 0 Å². The first kappa shape index (κ1) is 16.0. The lowest BCUT2D eigenvalue weighted by Gasteiger charge is -2.08. The summed E-state index contributed by atoms with van der Waals surface area (Å²) in [6, 6.07) is 6.49.